The van der Waals surface area contributed by atoms with Gasteiger partial charge in [0.25, 0.3) is 0 Å². The smallest absolute Gasteiger partial charge is 0.173 e. The summed E-state index contributed by atoms with van der Waals surface area (Å²) in [4.78, 5) is 14.4. The first-order valence-electron chi connectivity index (χ1n) is 7.64. The fourth-order valence-corrected chi connectivity index (χ4v) is 3.24. The molecule has 0 radical (unpaired) electrons. The molecule has 1 N–H and O–H groups in total. The van der Waals surface area contributed by atoms with Gasteiger partial charge in [-0.1, -0.05) is 17.3 Å². The van der Waals surface area contributed by atoms with E-state index in [4.69, 9.17) is 9.51 Å². The van der Waals surface area contributed by atoms with Gasteiger partial charge in [-0.15, -0.1) is 11.3 Å². The highest BCUT2D eigenvalue weighted by Crippen LogP contribution is 2.29. The fourth-order valence-electron chi connectivity index (χ4n) is 2.68. The Labute approximate surface area is 146 Å². The van der Waals surface area contributed by atoms with Crippen LogP contribution in [0, 0.1) is 0 Å². The highest BCUT2D eigenvalue weighted by atomic mass is 32.1. The highest BCUT2D eigenvalue weighted by Gasteiger charge is 2.11. The van der Waals surface area contributed by atoms with Gasteiger partial charge in [0.15, 0.2) is 11.4 Å². The molecule has 5 rings (SSSR count). The van der Waals surface area contributed by atoms with Crippen molar-refractivity contribution in [1.82, 2.24) is 20.1 Å². The predicted octanol–water partition coefficient (Wildman–Crippen LogP) is 4.64. The lowest BCUT2D eigenvalue weighted by molar-refractivity contribution is 0.456. The summed E-state index contributed by atoms with van der Waals surface area (Å²) in [6.45, 7) is 0. The zero-order valence-electron chi connectivity index (χ0n) is 12.9. The van der Waals surface area contributed by atoms with Crippen LogP contribution in [0.5, 0.6) is 0 Å². The standard InChI is InChI=1S/C18H11N5OS/c1-2-4-14-13(3-1)17(23-18(22-14)16-9-19-10-25-16)21-12-6-5-11-8-20-24-15(11)7-12/h1-10H,(H,21,22,23). The normalized spacial score (nSPS) is 11.2. The number of hydrogen-bond donors (Lipinski definition) is 1. The first-order valence-corrected chi connectivity index (χ1v) is 8.52. The van der Waals surface area contributed by atoms with E-state index in [9.17, 15) is 0 Å². The molecule has 6 nitrogen and oxygen atoms in total. The monoisotopic (exact) mass is 345 g/mol. The van der Waals surface area contributed by atoms with Crippen molar-refractivity contribution in [3.63, 3.8) is 0 Å². The summed E-state index contributed by atoms with van der Waals surface area (Å²) in [5.41, 5.74) is 4.26. The van der Waals surface area contributed by atoms with E-state index in [0.29, 0.717) is 5.82 Å². The van der Waals surface area contributed by atoms with Crippen LogP contribution >= 0.6 is 11.3 Å². The molecule has 0 spiro atoms. The molecule has 0 saturated carbocycles. The second-order valence-electron chi connectivity index (χ2n) is 5.48. The van der Waals surface area contributed by atoms with E-state index < -0.39 is 0 Å². The second-order valence-corrected chi connectivity index (χ2v) is 6.37. The van der Waals surface area contributed by atoms with Crippen molar-refractivity contribution < 1.29 is 4.52 Å². The first-order chi connectivity index (χ1) is 12.4. The first kappa shape index (κ1) is 14.1. The molecule has 0 atom stereocenters. The zero-order valence-corrected chi connectivity index (χ0v) is 13.7. The van der Waals surface area contributed by atoms with E-state index in [1.165, 1.54) is 11.3 Å². The topological polar surface area (TPSA) is 76.7 Å². The number of fused-ring (bicyclic) bond motifs is 2. The molecule has 7 heteroatoms. The number of thiazole rings is 1. The van der Waals surface area contributed by atoms with Gasteiger partial charge in [-0.3, -0.25) is 4.98 Å². The quantitative estimate of drug-likeness (QED) is 0.513. The molecule has 0 aliphatic rings. The third-order valence-corrected chi connectivity index (χ3v) is 4.64. The Morgan fingerprint density at radius 3 is 2.88 bits per heavy atom. The minimum Gasteiger partial charge on any atom is -0.356 e. The largest absolute Gasteiger partial charge is 0.356 e. The molecule has 0 unspecified atom stereocenters. The van der Waals surface area contributed by atoms with Crippen LogP contribution < -0.4 is 5.32 Å². The lowest BCUT2D eigenvalue weighted by Gasteiger charge is -2.10. The summed E-state index contributed by atoms with van der Waals surface area (Å²) in [6.07, 6.45) is 3.47. The van der Waals surface area contributed by atoms with Crippen LogP contribution in [-0.4, -0.2) is 20.1 Å². The SMILES string of the molecule is c1ccc2c(Nc3ccc4cnoc4c3)nc(-c3cncs3)nc2c1. The molecule has 0 aliphatic carbocycles. The lowest BCUT2D eigenvalue weighted by Crippen LogP contribution is -1.98. The molecular formula is C18H11N5OS. The van der Waals surface area contributed by atoms with Crippen molar-refractivity contribution >= 4 is 44.7 Å². The minimum atomic E-state index is 0.657. The van der Waals surface area contributed by atoms with Crippen molar-refractivity contribution in [1.29, 1.82) is 0 Å². The summed E-state index contributed by atoms with van der Waals surface area (Å²) >= 11 is 1.52. The van der Waals surface area contributed by atoms with Gasteiger partial charge >= 0.3 is 0 Å². The number of benzene rings is 2. The number of nitrogens with zero attached hydrogens (tertiary/aromatic N) is 4. The lowest BCUT2D eigenvalue weighted by atomic mass is 10.2. The third-order valence-electron chi connectivity index (χ3n) is 3.88. The molecule has 2 aromatic carbocycles. The van der Waals surface area contributed by atoms with Crippen LogP contribution in [0.2, 0.25) is 0 Å². The Morgan fingerprint density at radius 2 is 1.96 bits per heavy atom. The van der Waals surface area contributed by atoms with Gasteiger partial charge in [0.2, 0.25) is 0 Å². The van der Waals surface area contributed by atoms with E-state index >= 15 is 0 Å². The van der Waals surface area contributed by atoms with E-state index in [2.05, 4.69) is 20.4 Å². The van der Waals surface area contributed by atoms with Crippen molar-refractivity contribution in [2.45, 2.75) is 0 Å². The third kappa shape index (κ3) is 2.50. The average Bonchev–Trinajstić information content (AvgIpc) is 3.33. The second kappa shape index (κ2) is 5.64. The summed E-state index contributed by atoms with van der Waals surface area (Å²) in [5.74, 6) is 1.40. The Hall–Kier alpha value is -3.32. The minimum absolute atomic E-state index is 0.657. The molecule has 3 aromatic heterocycles. The summed E-state index contributed by atoms with van der Waals surface area (Å²) in [5, 5.41) is 9.10. The maximum Gasteiger partial charge on any atom is 0.173 e. The highest BCUT2D eigenvalue weighted by molar-refractivity contribution is 7.13. The van der Waals surface area contributed by atoms with Gasteiger partial charge in [-0.2, -0.15) is 0 Å². The van der Waals surface area contributed by atoms with Gasteiger partial charge in [-0.05, 0) is 24.3 Å². The van der Waals surface area contributed by atoms with Crippen LogP contribution in [0.15, 0.2) is 64.9 Å². The molecule has 5 aromatic rings. The van der Waals surface area contributed by atoms with Crippen LogP contribution in [0.1, 0.15) is 0 Å². The van der Waals surface area contributed by atoms with Crippen molar-refractivity contribution in [2.75, 3.05) is 5.32 Å². The van der Waals surface area contributed by atoms with Crippen molar-refractivity contribution in [3.8, 4) is 10.7 Å². The zero-order chi connectivity index (χ0) is 16.6. The Morgan fingerprint density at radius 1 is 1.00 bits per heavy atom. The van der Waals surface area contributed by atoms with E-state index in [-0.39, 0.29) is 0 Å². The van der Waals surface area contributed by atoms with Gasteiger partial charge in [-0.25, -0.2) is 9.97 Å². The van der Waals surface area contributed by atoms with Crippen molar-refractivity contribution in [3.05, 3.63) is 60.4 Å². The Balaban J connectivity index is 1.65. The number of rotatable bonds is 3. The predicted molar refractivity (Wildman–Crippen MR) is 97.9 cm³/mol. The van der Waals surface area contributed by atoms with Crippen LogP contribution in [0.25, 0.3) is 32.6 Å². The van der Waals surface area contributed by atoms with Crippen LogP contribution in [0.3, 0.4) is 0 Å². The molecule has 120 valence electrons. The number of anilines is 2. The molecule has 0 fully saturated rings. The van der Waals surface area contributed by atoms with Gasteiger partial charge < -0.3 is 9.84 Å². The van der Waals surface area contributed by atoms with E-state index in [0.717, 1.165) is 38.3 Å². The molecular weight excluding hydrogens is 334 g/mol. The molecule has 0 amide bonds. The molecule has 0 bridgehead atoms. The Bertz CT molecular complexity index is 1180. The van der Waals surface area contributed by atoms with E-state index in [1.54, 1.807) is 17.9 Å². The molecule has 25 heavy (non-hydrogen) atoms. The number of aromatic nitrogens is 4. The van der Waals surface area contributed by atoms with E-state index in [1.807, 2.05) is 42.5 Å². The van der Waals surface area contributed by atoms with Crippen molar-refractivity contribution in [2.24, 2.45) is 0 Å². The molecule has 0 saturated heterocycles. The van der Waals surface area contributed by atoms with Crippen LogP contribution in [0.4, 0.5) is 11.5 Å². The van der Waals surface area contributed by atoms with Crippen LogP contribution in [-0.2, 0) is 0 Å². The number of para-hydroxylation sites is 1. The number of nitrogens with one attached hydrogen (secondary N) is 1. The fraction of sp³-hybridized carbons (Fsp3) is 0. The number of hydrogen-bond acceptors (Lipinski definition) is 7. The maximum atomic E-state index is 5.24. The average molecular weight is 345 g/mol. The summed E-state index contributed by atoms with van der Waals surface area (Å²) in [7, 11) is 0. The van der Waals surface area contributed by atoms with Gasteiger partial charge in [0, 0.05) is 28.7 Å². The Kier molecular flexibility index (Phi) is 3.17. The summed E-state index contributed by atoms with van der Waals surface area (Å²) in [6, 6.07) is 13.8. The summed E-state index contributed by atoms with van der Waals surface area (Å²) < 4.78 is 5.24. The van der Waals surface area contributed by atoms with Gasteiger partial charge in [0.1, 0.15) is 5.82 Å². The molecule has 3 heterocycles. The van der Waals surface area contributed by atoms with Gasteiger partial charge in [0.05, 0.1) is 22.1 Å². The molecule has 0 aliphatic heterocycles. The maximum absolute atomic E-state index is 5.24.